The number of methoxy groups -OCH3 is 1. The number of carbonyl (C=O) groups excluding carboxylic acids is 2. The Morgan fingerprint density at radius 2 is 2.00 bits per heavy atom. The van der Waals surface area contributed by atoms with Crippen LogP contribution in [0.3, 0.4) is 0 Å². The van der Waals surface area contributed by atoms with Crippen molar-refractivity contribution in [2.75, 3.05) is 33.9 Å². The molecule has 1 aliphatic rings. The second kappa shape index (κ2) is 8.62. The van der Waals surface area contributed by atoms with Crippen LogP contribution in [-0.2, 0) is 16.1 Å². The van der Waals surface area contributed by atoms with Crippen molar-refractivity contribution in [1.82, 2.24) is 9.80 Å². The number of carbonyl (C=O) groups is 2. The highest BCUT2D eigenvalue weighted by Gasteiger charge is 2.35. The van der Waals surface area contributed by atoms with Gasteiger partial charge in [0.25, 0.3) is 0 Å². The number of furan rings is 1. The lowest BCUT2D eigenvalue weighted by Gasteiger charge is -2.21. The monoisotopic (exact) mass is 372 g/mol. The Hall–Kier alpha value is -2.96. The van der Waals surface area contributed by atoms with E-state index in [1.807, 2.05) is 30.3 Å². The lowest BCUT2D eigenvalue weighted by Crippen LogP contribution is -2.37. The molecule has 0 aliphatic carbocycles. The highest BCUT2D eigenvalue weighted by molar-refractivity contribution is 5.89. The molecule has 0 bridgehead atoms. The Kier molecular flexibility index (Phi) is 6.01. The number of hydrogen-bond acceptors (Lipinski definition) is 5. The third kappa shape index (κ3) is 4.81. The summed E-state index contributed by atoms with van der Waals surface area (Å²) in [5, 5.41) is 0. The summed E-state index contributed by atoms with van der Waals surface area (Å²) in [6, 6.07) is 10.9. The normalized spacial score (nSPS) is 16.4. The van der Waals surface area contributed by atoms with Crippen molar-refractivity contribution in [2.24, 2.45) is 5.92 Å². The summed E-state index contributed by atoms with van der Waals surface area (Å²) in [5.41, 5.74) is 0. The van der Waals surface area contributed by atoms with Crippen molar-refractivity contribution in [3.63, 3.8) is 0 Å². The molecule has 0 spiro atoms. The number of likely N-dealkylation sites (N-methyl/N-ethyl adjacent to an activating group) is 1. The maximum Gasteiger partial charge on any atom is 0.227 e. The van der Waals surface area contributed by atoms with Gasteiger partial charge < -0.3 is 23.7 Å². The van der Waals surface area contributed by atoms with Crippen LogP contribution < -0.4 is 9.47 Å². The minimum Gasteiger partial charge on any atom is -0.497 e. The van der Waals surface area contributed by atoms with E-state index in [4.69, 9.17) is 13.9 Å². The predicted molar refractivity (Wildman–Crippen MR) is 98.4 cm³/mol. The average Bonchev–Trinajstić information content (AvgIpc) is 3.32. The molecule has 2 heterocycles. The third-order valence-corrected chi connectivity index (χ3v) is 4.62. The van der Waals surface area contributed by atoms with E-state index >= 15 is 0 Å². The van der Waals surface area contributed by atoms with Gasteiger partial charge in [0.2, 0.25) is 11.8 Å². The zero-order valence-corrected chi connectivity index (χ0v) is 15.6. The SMILES string of the molecule is COc1ccc(OCCN(C)C(=O)C2CC(=O)N(Cc3ccco3)C2)cc1. The second-order valence-electron chi connectivity index (χ2n) is 6.54. The van der Waals surface area contributed by atoms with Crippen LogP contribution in [0.4, 0.5) is 0 Å². The summed E-state index contributed by atoms with van der Waals surface area (Å²) >= 11 is 0. The van der Waals surface area contributed by atoms with Crippen LogP contribution in [0.1, 0.15) is 12.2 Å². The van der Waals surface area contributed by atoms with Gasteiger partial charge >= 0.3 is 0 Å². The molecule has 1 unspecified atom stereocenters. The van der Waals surface area contributed by atoms with Gasteiger partial charge in [-0.2, -0.15) is 0 Å². The van der Waals surface area contributed by atoms with Gasteiger partial charge in [0.05, 0.1) is 32.4 Å². The Labute approximate surface area is 158 Å². The molecular weight excluding hydrogens is 348 g/mol. The maximum atomic E-state index is 12.6. The number of rotatable bonds is 8. The van der Waals surface area contributed by atoms with Crippen molar-refractivity contribution < 1.29 is 23.5 Å². The molecule has 1 aromatic heterocycles. The predicted octanol–water partition coefficient (Wildman–Crippen LogP) is 2.17. The summed E-state index contributed by atoms with van der Waals surface area (Å²) in [6.45, 7) is 1.65. The molecule has 1 aliphatic heterocycles. The molecular formula is C20H24N2O5. The molecule has 7 nitrogen and oxygen atoms in total. The molecule has 0 N–H and O–H groups in total. The molecule has 2 aromatic rings. The number of hydrogen-bond donors (Lipinski definition) is 0. The molecule has 1 saturated heterocycles. The smallest absolute Gasteiger partial charge is 0.227 e. The van der Waals surface area contributed by atoms with Gasteiger partial charge in [0.15, 0.2) is 0 Å². The largest absolute Gasteiger partial charge is 0.497 e. The number of amides is 2. The molecule has 3 rings (SSSR count). The average molecular weight is 372 g/mol. The fourth-order valence-corrected chi connectivity index (χ4v) is 3.08. The summed E-state index contributed by atoms with van der Waals surface area (Å²) in [5.74, 6) is 1.82. The van der Waals surface area contributed by atoms with E-state index in [2.05, 4.69) is 0 Å². The van der Waals surface area contributed by atoms with E-state index in [-0.39, 0.29) is 24.2 Å². The van der Waals surface area contributed by atoms with Crippen LogP contribution in [0.15, 0.2) is 47.1 Å². The molecule has 144 valence electrons. The molecule has 1 atom stereocenters. The standard InChI is InChI=1S/C20H24N2O5/c1-21(9-11-27-17-7-5-16(25-2)6-8-17)20(24)15-12-19(23)22(13-15)14-18-4-3-10-26-18/h3-8,10,15H,9,11-14H2,1-2H3. The summed E-state index contributed by atoms with van der Waals surface area (Å²) in [4.78, 5) is 28.1. The first kappa shape index (κ1) is 18.8. The molecule has 1 fully saturated rings. The zero-order valence-electron chi connectivity index (χ0n) is 15.6. The number of likely N-dealkylation sites (tertiary alicyclic amines) is 1. The van der Waals surface area contributed by atoms with Crippen LogP contribution in [0.25, 0.3) is 0 Å². The van der Waals surface area contributed by atoms with Gasteiger partial charge in [-0.25, -0.2) is 0 Å². The van der Waals surface area contributed by atoms with Gasteiger partial charge in [-0.1, -0.05) is 0 Å². The van der Waals surface area contributed by atoms with Crippen LogP contribution in [0.5, 0.6) is 11.5 Å². The van der Waals surface area contributed by atoms with E-state index in [9.17, 15) is 9.59 Å². The highest BCUT2D eigenvalue weighted by Crippen LogP contribution is 2.22. The first-order valence-electron chi connectivity index (χ1n) is 8.89. The minimum absolute atomic E-state index is 0.0207. The highest BCUT2D eigenvalue weighted by atomic mass is 16.5. The topological polar surface area (TPSA) is 72.2 Å². The van der Waals surface area contributed by atoms with Crippen LogP contribution in [0.2, 0.25) is 0 Å². The number of ether oxygens (including phenoxy) is 2. The van der Waals surface area contributed by atoms with E-state index < -0.39 is 0 Å². The summed E-state index contributed by atoms with van der Waals surface area (Å²) in [6.07, 6.45) is 1.82. The van der Waals surface area contributed by atoms with E-state index in [0.717, 1.165) is 17.3 Å². The first-order valence-corrected chi connectivity index (χ1v) is 8.89. The molecule has 7 heteroatoms. The fourth-order valence-electron chi connectivity index (χ4n) is 3.08. The van der Waals surface area contributed by atoms with Crippen LogP contribution >= 0.6 is 0 Å². The minimum atomic E-state index is -0.321. The maximum absolute atomic E-state index is 12.6. The first-order chi connectivity index (χ1) is 13.1. The van der Waals surface area contributed by atoms with Crippen LogP contribution in [-0.4, -0.2) is 55.5 Å². The summed E-state index contributed by atoms with van der Waals surface area (Å²) in [7, 11) is 3.35. The Bertz CT molecular complexity index is 757. The van der Waals surface area contributed by atoms with Gasteiger partial charge in [-0.05, 0) is 36.4 Å². The van der Waals surface area contributed by atoms with Crippen molar-refractivity contribution in [1.29, 1.82) is 0 Å². The van der Waals surface area contributed by atoms with Crippen molar-refractivity contribution in [3.05, 3.63) is 48.4 Å². The lowest BCUT2D eigenvalue weighted by atomic mass is 10.1. The van der Waals surface area contributed by atoms with Gasteiger partial charge in [-0.3, -0.25) is 9.59 Å². The molecule has 0 saturated carbocycles. The van der Waals surface area contributed by atoms with E-state index in [1.165, 1.54) is 0 Å². The number of nitrogens with zero attached hydrogens (tertiary/aromatic N) is 2. The van der Waals surface area contributed by atoms with Crippen molar-refractivity contribution in [3.8, 4) is 11.5 Å². The fraction of sp³-hybridized carbons (Fsp3) is 0.400. The molecule has 0 radical (unpaired) electrons. The lowest BCUT2D eigenvalue weighted by molar-refractivity contribution is -0.134. The Morgan fingerprint density at radius 3 is 2.67 bits per heavy atom. The molecule has 1 aromatic carbocycles. The third-order valence-electron chi connectivity index (χ3n) is 4.62. The Balaban J connectivity index is 1.44. The second-order valence-corrected chi connectivity index (χ2v) is 6.54. The number of benzene rings is 1. The van der Waals surface area contributed by atoms with Gasteiger partial charge in [0.1, 0.15) is 23.9 Å². The zero-order chi connectivity index (χ0) is 19.2. The molecule has 27 heavy (non-hydrogen) atoms. The van der Waals surface area contributed by atoms with Crippen molar-refractivity contribution >= 4 is 11.8 Å². The Morgan fingerprint density at radius 1 is 1.26 bits per heavy atom. The molecule has 2 amide bonds. The quantitative estimate of drug-likeness (QED) is 0.710. The van der Waals surface area contributed by atoms with E-state index in [0.29, 0.717) is 26.2 Å². The van der Waals surface area contributed by atoms with Crippen LogP contribution in [0, 0.1) is 5.92 Å². The van der Waals surface area contributed by atoms with Gasteiger partial charge in [0, 0.05) is 20.0 Å². The van der Waals surface area contributed by atoms with Crippen molar-refractivity contribution in [2.45, 2.75) is 13.0 Å². The van der Waals surface area contributed by atoms with Gasteiger partial charge in [-0.15, -0.1) is 0 Å². The van der Waals surface area contributed by atoms with E-state index in [1.54, 1.807) is 36.3 Å². The summed E-state index contributed by atoms with van der Waals surface area (Å²) < 4.78 is 16.0.